The molecule has 0 spiro atoms. The van der Waals surface area contributed by atoms with Crippen molar-refractivity contribution in [2.45, 2.75) is 13.8 Å². The Bertz CT molecular complexity index is 1140. The van der Waals surface area contributed by atoms with E-state index in [1.165, 1.54) is 30.7 Å². The smallest absolute Gasteiger partial charge is 0.271 e. The number of amides is 2. The summed E-state index contributed by atoms with van der Waals surface area (Å²) < 4.78 is 0. The first-order valence-corrected chi connectivity index (χ1v) is 10.00. The van der Waals surface area contributed by atoms with Crippen molar-refractivity contribution in [1.82, 2.24) is 20.8 Å². The molecule has 0 radical (unpaired) electrons. The Morgan fingerprint density at radius 3 is 2.61 bits per heavy atom. The van der Waals surface area contributed by atoms with Crippen molar-refractivity contribution >= 4 is 40.1 Å². The van der Waals surface area contributed by atoms with Crippen LogP contribution in [0.15, 0.2) is 60.0 Å². The highest BCUT2D eigenvalue weighted by Gasteiger charge is 2.14. The average Bonchev–Trinajstić information content (AvgIpc) is 3.14. The predicted octanol–water partition coefficient (Wildman–Crippen LogP) is 2.86. The Morgan fingerprint density at radius 1 is 1.16 bits per heavy atom. The monoisotopic (exact) mass is 436 g/mol. The zero-order valence-electron chi connectivity index (χ0n) is 16.8. The molecule has 0 saturated heterocycles. The first kappa shape index (κ1) is 21.7. The molecule has 0 fully saturated rings. The molecule has 9 nitrogen and oxygen atoms in total. The Hall–Kier alpha value is -4.05. The van der Waals surface area contributed by atoms with Gasteiger partial charge in [-0.05, 0) is 37.3 Å². The summed E-state index contributed by atoms with van der Waals surface area (Å²) in [6, 6.07) is 10.0. The largest absolute Gasteiger partial charge is 0.507 e. The van der Waals surface area contributed by atoms with Gasteiger partial charge in [-0.25, -0.2) is 10.4 Å². The van der Waals surface area contributed by atoms with E-state index in [2.05, 4.69) is 31.3 Å². The molecule has 3 aromatic rings. The fraction of sp³-hybridized carbons (Fsp3) is 0.0952. The van der Waals surface area contributed by atoms with E-state index in [4.69, 9.17) is 0 Å². The third kappa shape index (κ3) is 5.97. The van der Waals surface area contributed by atoms with Crippen molar-refractivity contribution in [1.29, 1.82) is 0 Å². The highest BCUT2D eigenvalue weighted by molar-refractivity contribution is 7.17. The fourth-order valence-corrected chi connectivity index (χ4v) is 3.36. The second-order valence-corrected chi connectivity index (χ2v) is 7.30. The number of benzene rings is 1. The number of allylic oxidation sites excluding steroid dienone is 1. The number of hydrogen-bond donors (Lipinski definition) is 4. The number of para-hydroxylation sites is 1. The molecule has 4 N–H and O–H groups in total. The zero-order chi connectivity index (χ0) is 22.2. The summed E-state index contributed by atoms with van der Waals surface area (Å²) in [5.41, 5.74) is 9.81. The van der Waals surface area contributed by atoms with Crippen LogP contribution in [0.25, 0.3) is 6.08 Å². The molecular formula is C21H20N6O3S. The topological polar surface area (TPSA) is 129 Å². The van der Waals surface area contributed by atoms with Crippen LogP contribution >= 0.6 is 11.3 Å². The minimum absolute atomic E-state index is 0.118. The first-order valence-electron chi connectivity index (χ1n) is 9.18. The van der Waals surface area contributed by atoms with Gasteiger partial charge in [-0.3, -0.25) is 25.4 Å². The minimum Gasteiger partial charge on any atom is -0.507 e. The van der Waals surface area contributed by atoms with Gasteiger partial charge in [0.2, 0.25) is 11.0 Å². The van der Waals surface area contributed by atoms with Crippen molar-refractivity contribution in [2.75, 3.05) is 5.43 Å². The standard InChI is InChI=1S/C21H20N6O3S/c1-13-19(31-21(23-13)27-24-14(2)28)17(8-7-15-5-3-4-6-18(15)29)25-26-20(30)16-9-11-22-12-10-16/h3-12,29H,1-2H3,(H,23,27)(H,24,28)(H,26,30)/b8-7+,25-17+. The normalized spacial score (nSPS) is 11.4. The number of anilines is 1. The number of nitrogens with zero attached hydrogens (tertiary/aromatic N) is 3. The van der Waals surface area contributed by atoms with Crippen LogP contribution in [0.4, 0.5) is 5.13 Å². The van der Waals surface area contributed by atoms with E-state index in [-0.39, 0.29) is 11.7 Å². The van der Waals surface area contributed by atoms with Crippen LogP contribution in [-0.4, -0.2) is 32.6 Å². The number of aryl methyl sites for hydroxylation is 1. The lowest BCUT2D eigenvalue weighted by Crippen LogP contribution is -2.26. The van der Waals surface area contributed by atoms with Gasteiger partial charge in [-0.2, -0.15) is 5.10 Å². The van der Waals surface area contributed by atoms with Crippen LogP contribution in [0, 0.1) is 6.92 Å². The van der Waals surface area contributed by atoms with Gasteiger partial charge in [-0.15, -0.1) is 0 Å². The molecule has 31 heavy (non-hydrogen) atoms. The molecule has 158 valence electrons. The molecule has 2 aromatic heterocycles. The van der Waals surface area contributed by atoms with Crippen LogP contribution < -0.4 is 16.3 Å². The Morgan fingerprint density at radius 2 is 1.90 bits per heavy atom. The number of phenolic OH excluding ortho intramolecular Hbond substituents is 1. The van der Waals surface area contributed by atoms with Crippen molar-refractivity contribution < 1.29 is 14.7 Å². The predicted molar refractivity (Wildman–Crippen MR) is 120 cm³/mol. The number of carbonyl (C=O) groups excluding carboxylic acids is 2. The van der Waals surface area contributed by atoms with E-state index in [1.54, 1.807) is 55.5 Å². The molecule has 0 aliphatic carbocycles. The number of hydrogen-bond acceptors (Lipinski definition) is 8. The SMILES string of the molecule is CC(=O)NNc1nc(C)c(C(/C=C/c2ccccc2O)=N/NC(=O)c2ccncc2)s1. The van der Waals surface area contributed by atoms with E-state index in [1.807, 2.05) is 0 Å². The lowest BCUT2D eigenvalue weighted by atomic mass is 10.1. The molecule has 0 aliphatic rings. The number of nitrogens with one attached hydrogen (secondary N) is 3. The summed E-state index contributed by atoms with van der Waals surface area (Å²) in [6.07, 6.45) is 6.40. The van der Waals surface area contributed by atoms with Crippen LogP contribution in [0.5, 0.6) is 5.75 Å². The van der Waals surface area contributed by atoms with Crippen LogP contribution in [0.2, 0.25) is 0 Å². The maximum Gasteiger partial charge on any atom is 0.271 e. The zero-order valence-corrected chi connectivity index (χ0v) is 17.6. The van der Waals surface area contributed by atoms with E-state index in [0.717, 1.165) is 0 Å². The summed E-state index contributed by atoms with van der Waals surface area (Å²) in [6.45, 7) is 3.17. The lowest BCUT2D eigenvalue weighted by Gasteiger charge is -2.03. The van der Waals surface area contributed by atoms with Crippen LogP contribution in [0.1, 0.15) is 33.4 Å². The van der Waals surface area contributed by atoms with Gasteiger partial charge in [0.05, 0.1) is 10.6 Å². The van der Waals surface area contributed by atoms with Gasteiger partial charge < -0.3 is 5.11 Å². The molecule has 2 amide bonds. The first-order chi connectivity index (χ1) is 14.9. The third-order valence-electron chi connectivity index (χ3n) is 3.95. The number of pyridine rings is 1. The quantitative estimate of drug-likeness (QED) is 0.333. The Balaban J connectivity index is 1.91. The second kappa shape index (κ2) is 10.1. The van der Waals surface area contributed by atoms with Gasteiger partial charge in [0.25, 0.3) is 5.91 Å². The molecule has 10 heteroatoms. The Labute approximate surface area is 182 Å². The molecule has 1 aromatic carbocycles. The summed E-state index contributed by atoms with van der Waals surface area (Å²) in [7, 11) is 0. The maximum absolute atomic E-state index is 12.4. The number of hydrazone groups is 1. The number of carbonyl (C=O) groups is 2. The second-order valence-electron chi connectivity index (χ2n) is 6.31. The third-order valence-corrected chi connectivity index (χ3v) is 5.05. The van der Waals surface area contributed by atoms with Crippen molar-refractivity contribution in [3.63, 3.8) is 0 Å². The minimum atomic E-state index is -0.394. The van der Waals surface area contributed by atoms with Gasteiger partial charge in [0, 0.05) is 30.4 Å². The van der Waals surface area contributed by atoms with Crippen molar-refractivity contribution in [3.8, 4) is 5.75 Å². The number of phenols is 1. The number of aromatic nitrogens is 2. The number of aromatic hydroxyl groups is 1. The molecule has 0 bridgehead atoms. The summed E-state index contributed by atoms with van der Waals surface area (Å²) in [4.78, 5) is 32.5. The van der Waals surface area contributed by atoms with Gasteiger partial charge in [0.1, 0.15) is 11.5 Å². The van der Waals surface area contributed by atoms with E-state index in [9.17, 15) is 14.7 Å². The summed E-state index contributed by atoms with van der Waals surface area (Å²) in [5.74, 6) is -0.532. The number of rotatable bonds is 7. The lowest BCUT2D eigenvalue weighted by molar-refractivity contribution is -0.118. The molecule has 0 unspecified atom stereocenters. The van der Waals surface area contributed by atoms with Crippen molar-refractivity contribution in [3.05, 3.63) is 76.6 Å². The van der Waals surface area contributed by atoms with Gasteiger partial charge in [0.15, 0.2) is 0 Å². The maximum atomic E-state index is 12.4. The van der Waals surface area contributed by atoms with E-state index in [0.29, 0.717) is 32.5 Å². The summed E-state index contributed by atoms with van der Waals surface area (Å²) >= 11 is 1.25. The molecule has 0 saturated carbocycles. The molecule has 3 rings (SSSR count). The average molecular weight is 436 g/mol. The van der Waals surface area contributed by atoms with Gasteiger partial charge >= 0.3 is 0 Å². The van der Waals surface area contributed by atoms with E-state index >= 15 is 0 Å². The Kier molecular flexibility index (Phi) is 7.07. The molecule has 2 heterocycles. The molecule has 0 atom stereocenters. The summed E-state index contributed by atoms with van der Waals surface area (Å²) in [5, 5.41) is 14.7. The highest BCUT2D eigenvalue weighted by Crippen LogP contribution is 2.24. The highest BCUT2D eigenvalue weighted by atomic mass is 32.1. The fourth-order valence-electron chi connectivity index (χ4n) is 2.47. The van der Waals surface area contributed by atoms with Gasteiger partial charge in [-0.1, -0.05) is 29.5 Å². The number of thiazole rings is 1. The van der Waals surface area contributed by atoms with Crippen molar-refractivity contribution in [2.24, 2.45) is 5.10 Å². The van der Waals surface area contributed by atoms with E-state index < -0.39 is 5.91 Å². The van der Waals surface area contributed by atoms with Crippen LogP contribution in [0.3, 0.4) is 0 Å². The molecular weight excluding hydrogens is 416 g/mol. The number of hydrazine groups is 1. The van der Waals surface area contributed by atoms with Crippen LogP contribution in [-0.2, 0) is 4.79 Å². The molecule has 0 aliphatic heterocycles.